The lowest BCUT2D eigenvalue weighted by atomic mass is 10.1. The standard InChI is InChI=1S/C26H23N5O3/c27-25(32)23-16-19-17-31(23)14-11-28-18-33-15-7-3-1-2-6-12-30-13-10-21-20-8-4-5-9-22(20)29-26(34-19)24(21)30/h1-11,13-16,18,23H,12,17H2,(H2,27,32)/b3-1-,6-2-,14-11-,15-7-,28-18-. The largest absolute Gasteiger partial charge is 0.453 e. The summed E-state index contributed by atoms with van der Waals surface area (Å²) in [4.78, 5) is 22.7. The highest BCUT2D eigenvalue weighted by Gasteiger charge is 2.29. The molecule has 0 fully saturated rings. The molecule has 0 spiro atoms. The number of benzene rings is 1. The molecule has 1 amide bonds. The summed E-state index contributed by atoms with van der Waals surface area (Å²) in [5.74, 6) is 0.588. The summed E-state index contributed by atoms with van der Waals surface area (Å²) in [6.45, 7) is 0.982. The third-order valence-corrected chi connectivity index (χ3v) is 5.54. The van der Waals surface area contributed by atoms with Crippen LogP contribution in [0.4, 0.5) is 0 Å². The summed E-state index contributed by atoms with van der Waals surface area (Å²) in [5, 5.41) is 2.10. The lowest BCUT2D eigenvalue weighted by Gasteiger charge is -2.19. The number of ether oxygens (including phenoxy) is 2. The van der Waals surface area contributed by atoms with Crippen LogP contribution < -0.4 is 10.5 Å². The quantitative estimate of drug-likeness (QED) is 0.605. The molecule has 0 saturated carbocycles. The highest BCUT2D eigenvalue weighted by molar-refractivity contribution is 6.06. The number of para-hydroxylation sites is 1. The molecule has 2 N–H and O–H groups in total. The summed E-state index contributed by atoms with van der Waals surface area (Å²) in [6.07, 6.45) is 19.3. The zero-order valence-electron chi connectivity index (χ0n) is 18.3. The number of pyridine rings is 1. The van der Waals surface area contributed by atoms with E-state index in [0.29, 0.717) is 24.7 Å². The lowest BCUT2D eigenvalue weighted by molar-refractivity contribution is -0.120. The molecule has 170 valence electrons. The van der Waals surface area contributed by atoms with E-state index in [0.717, 1.165) is 21.8 Å². The van der Waals surface area contributed by atoms with Gasteiger partial charge in [0.25, 0.3) is 0 Å². The highest BCUT2D eigenvalue weighted by atomic mass is 16.5. The smallest absolute Gasteiger partial charge is 0.244 e. The van der Waals surface area contributed by atoms with Gasteiger partial charge in [0.15, 0.2) is 6.40 Å². The van der Waals surface area contributed by atoms with Gasteiger partial charge < -0.3 is 24.7 Å². The summed E-state index contributed by atoms with van der Waals surface area (Å²) >= 11 is 0. The number of fused-ring (bicyclic) bond motifs is 4. The maximum absolute atomic E-state index is 12.0. The second-order valence-electron chi connectivity index (χ2n) is 7.75. The molecule has 0 saturated heterocycles. The molecule has 5 rings (SSSR count). The van der Waals surface area contributed by atoms with E-state index in [1.807, 2.05) is 48.7 Å². The van der Waals surface area contributed by atoms with Gasteiger partial charge in [0, 0.05) is 35.9 Å². The van der Waals surface area contributed by atoms with Crippen molar-refractivity contribution >= 4 is 34.1 Å². The number of nitrogens with two attached hydrogens (primary N) is 1. The van der Waals surface area contributed by atoms with Crippen LogP contribution in [0.15, 0.2) is 102 Å². The van der Waals surface area contributed by atoms with Crippen molar-refractivity contribution in [2.45, 2.75) is 12.6 Å². The van der Waals surface area contributed by atoms with Crippen LogP contribution in [-0.2, 0) is 16.1 Å². The van der Waals surface area contributed by atoms with Gasteiger partial charge in [0.1, 0.15) is 17.3 Å². The van der Waals surface area contributed by atoms with E-state index in [2.05, 4.69) is 21.7 Å². The molecule has 2 aliphatic heterocycles. The first-order valence-corrected chi connectivity index (χ1v) is 10.8. The highest BCUT2D eigenvalue weighted by Crippen LogP contribution is 2.33. The molecule has 0 aliphatic carbocycles. The van der Waals surface area contributed by atoms with Gasteiger partial charge in [-0.2, -0.15) is 0 Å². The van der Waals surface area contributed by atoms with Crippen molar-refractivity contribution in [2.24, 2.45) is 10.7 Å². The number of aliphatic imine (C=N–C) groups is 1. The number of nitrogens with zero attached hydrogens (tertiary/aromatic N) is 4. The van der Waals surface area contributed by atoms with Crippen molar-refractivity contribution in [1.29, 1.82) is 0 Å². The molecular weight excluding hydrogens is 430 g/mol. The van der Waals surface area contributed by atoms with E-state index >= 15 is 0 Å². The topological polar surface area (TPSA) is 95.0 Å². The van der Waals surface area contributed by atoms with Crippen LogP contribution in [0.1, 0.15) is 0 Å². The average Bonchev–Trinajstić information content (AvgIpc) is 3.44. The first-order valence-electron chi connectivity index (χ1n) is 10.8. The van der Waals surface area contributed by atoms with Gasteiger partial charge in [-0.25, -0.2) is 9.98 Å². The first-order chi connectivity index (χ1) is 16.7. The van der Waals surface area contributed by atoms with Gasteiger partial charge >= 0.3 is 0 Å². The van der Waals surface area contributed by atoms with Crippen LogP contribution in [0, 0.1) is 0 Å². The van der Waals surface area contributed by atoms with Crippen LogP contribution >= 0.6 is 0 Å². The molecule has 8 nitrogen and oxygen atoms in total. The van der Waals surface area contributed by atoms with E-state index in [1.165, 1.54) is 18.9 Å². The molecule has 1 aromatic carbocycles. The van der Waals surface area contributed by atoms with E-state index in [4.69, 9.17) is 20.2 Å². The molecule has 4 heterocycles. The Kier molecular flexibility index (Phi) is 5.94. The molecular formula is C26H23N5O3. The number of rotatable bonds is 1. The number of amides is 1. The molecule has 8 heteroatoms. The predicted molar refractivity (Wildman–Crippen MR) is 132 cm³/mol. The monoisotopic (exact) mass is 453 g/mol. The van der Waals surface area contributed by atoms with Gasteiger partial charge in [-0.3, -0.25) is 4.79 Å². The molecule has 1 atom stereocenters. The number of aromatic nitrogens is 2. The molecule has 34 heavy (non-hydrogen) atoms. The number of allylic oxidation sites excluding steroid dienone is 5. The molecule has 2 aliphatic rings. The number of carbonyl (C=O) groups excluding carboxylic acids is 1. The van der Waals surface area contributed by atoms with Crippen LogP contribution in [0.2, 0.25) is 0 Å². The van der Waals surface area contributed by atoms with Crippen molar-refractivity contribution in [3.05, 3.63) is 97.4 Å². The number of primary amides is 1. The van der Waals surface area contributed by atoms with Crippen molar-refractivity contribution < 1.29 is 14.3 Å². The minimum atomic E-state index is -0.649. The number of carbonyl (C=O) groups is 1. The Morgan fingerprint density at radius 3 is 2.88 bits per heavy atom. The zero-order valence-corrected chi connectivity index (χ0v) is 18.3. The SMILES string of the molecule is NC(=O)C1C=C2CN1/C=C\N=C/O\C=C/C=C\C=C/Cn1ccc3c4ccccc4nc(c31)O2. The van der Waals surface area contributed by atoms with Crippen molar-refractivity contribution in [3.8, 4) is 5.88 Å². The van der Waals surface area contributed by atoms with E-state index in [-0.39, 0.29) is 0 Å². The second-order valence-corrected chi connectivity index (χ2v) is 7.75. The maximum atomic E-state index is 12.0. The van der Waals surface area contributed by atoms with E-state index < -0.39 is 11.9 Å². The molecule has 0 radical (unpaired) electrons. The van der Waals surface area contributed by atoms with E-state index in [1.54, 1.807) is 23.3 Å². The summed E-state index contributed by atoms with van der Waals surface area (Å²) in [6, 6.07) is 9.39. The van der Waals surface area contributed by atoms with Crippen molar-refractivity contribution in [1.82, 2.24) is 14.5 Å². The Morgan fingerprint density at radius 2 is 1.97 bits per heavy atom. The fourth-order valence-electron chi connectivity index (χ4n) is 4.00. The van der Waals surface area contributed by atoms with E-state index in [9.17, 15) is 4.79 Å². The Bertz CT molecular complexity index is 1410. The van der Waals surface area contributed by atoms with Crippen LogP contribution in [0.3, 0.4) is 0 Å². The lowest BCUT2D eigenvalue weighted by Crippen LogP contribution is -2.37. The first kappa shape index (κ1) is 21.3. The van der Waals surface area contributed by atoms with Gasteiger partial charge in [0.2, 0.25) is 11.8 Å². The fourth-order valence-corrected chi connectivity index (χ4v) is 4.00. The minimum absolute atomic E-state index is 0.348. The van der Waals surface area contributed by atoms with Crippen molar-refractivity contribution in [2.75, 3.05) is 6.54 Å². The summed E-state index contributed by atoms with van der Waals surface area (Å²) in [7, 11) is 0. The fraction of sp³-hybridized carbons (Fsp3) is 0.115. The Morgan fingerprint density at radius 1 is 1.09 bits per heavy atom. The van der Waals surface area contributed by atoms with Crippen LogP contribution in [-0.4, -0.2) is 39.3 Å². The van der Waals surface area contributed by atoms with Crippen LogP contribution in [0.25, 0.3) is 21.8 Å². The molecule has 2 bridgehead atoms. The summed E-state index contributed by atoms with van der Waals surface area (Å²) < 4.78 is 13.6. The molecule has 3 aromatic rings. The maximum Gasteiger partial charge on any atom is 0.244 e. The normalized spacial score (nSPS) is 23.0. The summed E-state index contributed by atoms with van der Waals surface area (Å²) in [5.41, 5.74) is 7.35. The van der Waals surface area contributed by atoms with Gasteiger partial charge in [-0.05, 0) is 24.3 Å². The van der Waals surface area contributed by atoms with Gasteiger partial charge in [-0.1, -0.05) is 42.5 Å². The second kappa shape index (κ2) is 9.50. The third kappa shape index (κ3) is 4.33. The van der Waals surface area contributed by atoms with Gasteiger partial charge in [-0.15, -0.1) is 0 Å². The van der Waals surface area contributed by atoms with Gasteiger partial charge in [0.05, 0.1) is 18.3 Å². The Labute approximate surface area is 196 Å². The van der Waals surface area contributed by atoms with Crippen LogP contribution in [0.5, 0.6) is 5.88 Å². The molecule has 1 unspecified atom stereocenters. The zero-order chi connectivity index (χ0) is 23.3. The number of hydrogen-bond donors (Lipinski definition) is 1. The Hall–Kier alpha value is -4.59. The number of hydrogen-bond acceptors (Lipinski definition) is 6. The third-order valence-electron chi connectivity index (χ3n) is 5.54. The minimum Gasteiger partial charge on any atom is -0.453 e. The Balaban J connectivity index is 1.60. The average molecular weight is 454 g/mol. The predicted octanol–water partition coefficient (Wildman–Crippen LogP) is 3.78. The van der Waals surface area contributed by atoms with Crippen molar-refractivity contribution in [3.63, 3.8) is 0 Å². The molecule has 2 aromatic heterocycles.